The van der Waals surface area contributed by atoms with Crippen LogP contribution in [0.1, 0.15) is 26.2 Å². The molecule has 1 fully saturated rings. The third kappa shape index (κ3) is 5.07. The maximum absolute atomic E-state index is 11.9. The van der Waals surface area contributed by atoms with Gasteiger partial charge in [0.1, 0.15) is 0 Å². The first-order valence-corrected chi connectivity index (χ1v) is 8.14. The minimum atomic E-state index is -0.136. The van der Waals surface area contributed by atoms with Crippen molar-refractivity contribution in [2.24, 2.45) is 0 Å². The summed E-state index contributed by atoms with van der Waals surface area (Å²) in [5.41, 5.74) is 1.09. The molecule has 5 nitrogen and oxygen atoms in total. The number of nitrogens with zero attached hydrogens (tertiary/aromatic N) is 1. The van der Waals surface area contributed by atoms with Gasteiger partial charge in [0.15, 0.2) is 0 Å². The van der Waals surface area contributed by atoms with Gasteiger partial charge in [-0.05, 0) is 44.4 Å². The van der Waals surface area contributed by atoms with Gasteiger partial charge < -0.3 is 20.6 Å². The Morgan fingerprint density at radius 2 is 2.36 bits per heavy atom. The van der Waals surface area contributed by atoms with Crippen molar-refractivity contribution in [2.75, 3.05) is 24.6 Å². The summed E-state index contributed by atoms with van der Waals surface area (Å²) >= 11 is 6.02. The normalized spacial score (nSPS) is 19.0. The summed E-state index contributed by atoms with van der Waals surface area (Å²) < 4.78 is 0. The van der Waals surface area contributed by atoms with Crippen LogP contribution in [0.25, 0.3) is 0 Å². The van der Waals surface area contributed by atoms with Gasteiger partial charge in [-0.1, -0.05) is 17.7 Å². The summed E-state index contributed by atoms with van der Waals surface area (Å²) in [7, 11) is 0. The number of nitrogens with one attached hydrogen (secondary N) is 2. The number of aliphatic hydroxyl groups excluding tert-OH is 1. The Morgan fingerprint density at radius 3 is 3.09 bits per heavy atom. The van der Waals surface area contributed by atoms with Gasteiger partial charge in [0, 0.05) is 42.5 Å². The topological polar surface area (TPSA) is 64.6 Å². The molecule has 0 spiro atoms. The number of benzene rings is 1. The molecule has 2 unspecified atom stereocenters. The number of carbonyl (C=O) groups excluding carboxylic acids is 1. The van der Waals surface area contributed by atoms with Gasteiger partial charge in [0.2, 0.25) is 0 Å². The van der Waals surface area contributed by atoms with Crippen LogP contribution in [0.15, 0.2) is 24.3 Å². The first-order valence-electron chi connectivity index (χ1n) is 7.77. The number of hydrogen-bond acceptors (Lipinski definition) is 3. The van der Waals surface area contributed by atoms with Gasteiger partial charge in [0.05, 0.1) is 0 Å². The van der Waals surface area contributed by atoms with E-state index in [1.54, 1.807) is 0 Å². The second-order valence-corrected chi connectivity index (χ2v) is 6.23. The van der Waals surface area contributed by atoms with Crippen LogP contribution in [0.4, 0.5) is 10.5 Å². The number of anilines is 1. The number of carbonyl (C=O) groups is 1. The Labute approximate surface area is 136 Å². The van der Waals surface area contributed by atoms with Crippen LogP contribution < -0.4 is 15.5 Å². The minimum absolute atomic E-state index is 0.0672. The van der Waals surface area contributed by atoms with Crippen molar-refractivity contribution in [3.63, 3.8) is 0 Å². The van der Waals surface area contributed by atoms with Gasteiger partial charge in [0.25, 0.3) is 0 Å². The first kappa shape index (κ1) is 16.9. The third-order valence-electron chi connectivity index (χ3n) is 3.87. The van der Waals surface area contributed by atoms with Crippen molar-refractivity contribution >= 4 is 23.3 Å². The summed E-state index contributed by atoms with van der Waals surface area (Å²) in [4.78, 5) is 14.2. The molecule has 1 heterocycles. The molecule has 1 saturated heterocycles. The predicted octanol–water partition coefficient (Wildman–Crippen LogP) is 2.38. The Morgan fingerprint density at radius 1 is 1.55 bits per heavy atom. The average Bonchev–Trinajstić information content (AvgIpc) is 2.93. The molecule has 1 aromatic carbocycles. The number of rotatable bonds is 6. The van der Waals surface area contributed by atoms with Gasteiger partial charge in [-0.15, -0.1) is 0 Å². The monoisotopic (exact) mass is 325 g/mol. The maximum atomic E-state index is 11.9. The molecule has 2 rings (SSSR count). The Balaban J connectivity index is 1.77. The van der Waals surface area contributed by atoms with Crippen molar-refractivity contribution < 1.29 is 9.90 Å². The fourth-order valence-electron chi connectivity index (χ4n) is 2.71. The average molecular weight is 326 g/mol. The van der Waals surface area contributed by atoms with Crippen molar-refractivity contribution in [2.45, 2.75) is 38.3 Å². The molecule has 3 N–H and O–H groups in total. The predicted molar refractivity (Wildman–Crippen MR) is 89.5 cm³/mol. The largest absolute Gasteiger partial charge is 0.396 e. The smallest absolute Gasteiger partial charge is 0.315 e. The van der Waals surface area contributed by atoms with Crippen molar-refractivity contribution in [1.29, 1.82) is 0 Å². The lowest BCUT2D eigenvalue weighted by atomic mass is 10.2. The highest BCUT2D eigenvalue weighted by Crippen LogP contribution is 2.23. The molecule has 0 saturated carbocycles. The molecule has 6 heteroatoms. The molecular weight excluding hydrogens is 302 g/mol. The van der Waals surface area contributed by atoms with Crippen LogP contribution in [0, 0.1) is 0 Å². The quantitative estimate of drug-likeness (QED) is 0.752. The van der Waals surface area contributed by atoms with E-state index in [0.717, 1.165) is 36.6 Å². The highest BCUT2D eigenvalue weighted by molar-refractivity contribution is 6.30. The minimum Gasteiger partial charge on any atom is -0.396 e. The van der Waals surface area contributed by atoms with Crippen LogP contribution in [0.5, 0.6) is 0 Å². The molecule has 1 aromatic rings. The Kier molecular flexibility index (Phi) is 6.34. The molecule has 2 amide bonds. The Hall–Kier alpha value is -1.46. The van der Waals surface area contributed by atoms with Crippen molar-refractivity contribution in [1.82, 2.24) is 10.6 Å². The number of aliphatic hydroxyl groups is 1. The summed E-state index contributed by atoms with van der Waals surface area (Å²) in [5, 5.41) is 15.4. The highest BCUT2D eigenvalue weighted by Gasteiger charge is 2.24. The summed E-state index contributed by atoms with van der Waals surface area (Å²) in [6.07, 6.45) is 2.40. The zero-order valence-corrected chi connectivity index (χ0v) is 13.6. The first-order chi connectivity index (χ1) is 10.6. The molecule has 0 bridgehead atoms. The molecule has 1 aliphatic rings. The fraction of sp³-hybridized carbons (Fsp3) is 0.562. The van der Waals surface area contributed by atoms with E-state index in [4.69, 9.17) is 16.7 Å². The van der Waals surface area contributed by atoms with E-state index in [9.17, 15) is 4.79 Å². The maximum Gasteiger partial charge on any atom is 0.315 e. The fourth-order valence-corrected chi connectivity index (χ4v) is 2.89. The summed E-state index contributed by atoms with van der Waals surface area (Å²) in [5.74, 6) is 0. The van der Waals surface area contributed by atoms with Crippen molar-refractivity contribution in [3.8, 4) is 0 Å². The third-order valence-corrected chi connectivity index (χ3v) is 4.10. The molecule has 0 aliphatic carbocycles. The van der Waals surface area contributed by atoms with E-state index in [1.807, 2.05) is 31.2 Å². The van der Waals surface area contributed by atoms with E-state index < -0.39 is 0 Å². The van der Waals surface area contributed by atoms with E-state index in [-0.39, 0.29) is 24.7 Å². The number of halogens is 1. The lowest BCUT2D eigenvalue weighted by Gasteiger charge is -2.20. The van der Waals surface area contributed by atoms with Crippen LogP contribution in [-0.4, -0.2) is 42.9 Å². The van der Waals surface area contributed by atoms with Gasteiger partial charge in [-0.25, -0.2) is 4.79 Å². The molecular formula is C16H24ClN3O2. The lowest BCUT2D eigenvalue weighted by molar-refractivity contribution is 0.231. The van der Waals surface area contributed by atoms with Crippen LogP contribution in [0.3, 0.4) is 0 Å². The summed E-state index contributed by atoms with van der Waals surface area (Å²) in [6.45, 7) is 3.80. The van der Waals surface area contributed by atoms with Gasteiger partial charge >= 0.3 is 6.03 Å². The summed E-state index contributed by atoms with van der Waals surface area (Å²) in [6, 6.07) is 7.85. The Bertz CT molecular complexity index is 498. The van der Waals surface area contributed by atoms with Crippen molar-refractivity contribution in [3.05, 3.63) is 29.3 Å². The zero-order valence-electron chi connectivity index (χ0n) is 12.9. The molecule has 122 valence electrons. The van der Waals surface area contributed by atoms with E-state index in [0.29, 0.717) is 6.42 Å². The van der Waals surface area contributed by atoms with Crippen LogP contribution >= 0.6 is 11.6 Å². The van der Waals surface area contributed by atoms with Crippen LogP contribution in [-0.2, 0) is 0 Å². The second kappa shape index (κ2) is 8.25. The second-order valence-electron chi connectivity index (χ2n) is 5.80. The molecule has 0 radical (unpaired) electrons. The van der Waals surface area contributed by atoms with E-state index >= 15 is 0 Å². The number of urea groups is 1. The van der Waals surface area contributed by atoms with E-state index in [2.05, 4.69) is 15.5 Å². The van der Waals surface area contributed by atoms with E-state index in [1.165, 1.54) is 0 Å². The molecule has 0 aromatic heterocycles. The van der Waals surface area contributed by atoms with Gasteiger partial charge in [-0.2, -0.15) is 0 Å². The SMILES string of the molecule is CC(CCCO)NC(=O)NC1CCN(c2cccc(Cl)c2)C1. The zero-order chi connectivity index (χ0) is 15.9. The molecule has 22 heavy (non-hydrogen) atoms. The van der Waals surface area contributed by atoms with Crippen LogP contribution in [0.2, 0.25) is 5.02 Å². The van der Waals surface area contributed by atoms with Gasteiger partial charge in [-0.3, -0.25) is 0 Å². The standard InChI is InChI=1S/C16H24ClN3O2/c1-12(4-3-9-21)18-16(22)19-14-7-8-20(11-14)15-6-2-5-13(17)10-15/h2,5-6,10,12,14,21H,3-4,7-9,11H2,1H3,(H2,18,19,22). The number of hydrogen-bond donors (Lipinski definition) is 3. The number of amides is 2. The molecule has 2 atom stereocenters. The molecule has 1 aliphatic heterocycles. The lowest BCUT2D eigenvalue weighted by Crippen LogP contribution is -2.46. The highest BCUT2D eigenvalue weighted by atomic mass is 35.5.